The molecule has 0 amide bonds. The molecule has 0 spiro atoms. The Morgan fingerprint density at radius 3 is 2.69 bits per heavy atom. The van der Waals surface area contributed by atoms with E-state index >= 15 is 0 Å². The van der Waals surface area contributed by atoms with E-state index < -0.39 is 0 Å². The van der Waals surface area contributed by atoms with Gasteiger partial charge in [0.25, 0.3) is 0 Å². The van der Waals surface area contributed by atoms with Gasteiger partial charge < -0.3 is 19.5 Å². The van der Waals surface area contributed by atoms with Crippen molar-refractivity contribution in [3.63, 3.8) is 0 Å². The molecular weight excluding hydrogens is 330 g/mol. The molecule has 136 valence electrons. The van der Waals surface area contributed by atoms with Crippen LogP contribution in [0.5, 0.6) is 5.75 Å². The van der Waals surface area contributed by atoms with Crippen molar-refractivity contribution in [3.05, 3.63) is 59.2 Å². The standard InChI is InChI=1S/C21H23NO4/c1-24-15-9-10-18-17(12-15)20-16(4-3-11-26-20)19(22-18)13-5-7-14(8-6-13)21(23)25-2/h5-10,12,16,19-20,22H,3-4,11H2,1-2H3/t16-,19-,20-/m0/s1. The van der Waals surface area contributed by atoms with E-state index in [-0.39, 0.29) is 18.1 Å². The quantitative estimate of drug-likeness (QED) is 0.842. The van der Waals surface area contributed by atoms with E-state index in [2.05, 4.69) is 17.4 Å². The number of rotatable bonds is 3. The van der Waals surface area contributed by atoms with E-state index in [1.54, 1.807) is 7.11 Å². The summed E-state index contributed by atoms with van der Waals surface area (Å²) in [5.41, 5.74) is 3.96. The zero-order chi connectivity index (χ0) is 18.1. The van der Waals surface area contributed by atoms with Crippen molar-refractivity contribution in [2.45, 2.75) is 25.0 Å². The third-order valence-corrected chi connectivity index (χ3v) is 5.36. The number of ether oxygens (including phenoxy) is 3. The summed E-state index contributed by atoms with van der Waals surface area (Å²) in [5.74, 6) is 0.871. The lowest BCUT2D eigenvalue weighted by Gasteiger charge is -2.43. The molecule has 0 aliphatic carbocycles. The van der Waals surface area contributed by atoms with Crippen molar-refractivity contribution in [1.29, 1.82) is 0 Å². The molecule has 0 aromatic heterocycles. The van der Waals surface area contributed by atoms with Crippen molar-refractivity contribution in [2.24, 2.45) is 5.92 Å². The molecule has 0 radical (unpaired) electrons. The van der Waals surface area contributed by atoms with Gasteiger partial charge >= 0.3 is 5.97 Å². The summed E-state index contributed by atoms with van der Waals surface area (Å²) in [4.78, 5) is 11.7. The molecule has 1 N–H and O–H groups in total. The maximum atomic E-state index is 11.7. The maximum absolute atomic E-state index is 11.7. The highest BCUT2D eigenvalue weighted by molar-refractivity contribution is 5.89. The van der Waals surface area contributed by atoms with Gasteiger partial charge in [-0.05, 0) is 48.7 Å². The van der Waals surface area contributed by atoms with Crippen molar-refractivity contribution in [3.8, 4) is 5.75 Å². The molecule has 1 fully saturated rings. The second-order valence-electron chi connectivity index (χ2n) is 6.79. The average Bonchev–Trinajstić information content (AvgIpc) is 2.72. The molecule has 5 heteroatoms. The van der Waals surface area contributed by atoms with Gasteiger partial charge in [0.15, 0.2) is 0 Å². The Kier molecular flexibility index (Phi) is 4.55. The van der Waals surface area contributed by atoms with Crippen LogP contribution in [0.25, 0.3) is 0 Å². The summed E-state index contributed by atoms with van der Waals surface area (Å²) in [6, 6.07) is 13.9. The van der Waals surface area contributed by atoms with Gasteiger partial charge in [-0.2, -0.15) is 0 Å². The smallest absolute Gasteiger partial charge is 0.337 e. The van der Waals surface area contributed by atoms with E-state index in [1.165, 1.54) is 7.11 Å². The van der Waals surface area contributed by atoms with Crippen LogP contribution in [-0.2, 0) is 9.47 Å². The van der Waals surface area contributed by atoms with Crippen LogP contribution in [0.3, 0.4) is 0 Å². The van der Waals surface area contributed by atoms with Crippen LogP contribution in [0, 0.1) is 5.92 Å². The van der Waals surface area contributed by atoms with Crippen LogP contribution in [-0.4, -0.2) is 26.8 Å². The predicted molar refractivity (Wildman–Crippen MR) is 98.6 cm³/mol. The van der Waals surface area contributed by atoms with Crippen LogP contribution in [0.2, 0.25) is 0 Å². The maximum Gasteiger partial charge on any atom is 0.337 e. The number of nitrogens with one attached hydrogen (secondary N) is 1. The summed E-state index contributed by atoms with van der Waals surface area (Å²) in [5, 5.41) is 3.67. The number of benzene rings is 2. The van der Waals surface area contributed by atoms with Crippen LogP contribution in [0.4, 0.5) is 5.69 Å². The molecule has 0 unspecified atom stereocenters. The lowest BCUT2D eigenvalue weighted by atomic mass is 9.77. The second-order valence-corrected chi connectivity index (χ2v) is 6.79. The van der Waals surface area contributed by atoms with Gasteiger partial charge in [0, 0.05) is 23.8 Å². The number of carbonyl (C=O) groups is 1. The number of fused-ring (bicyclic) bond motifs is 3. The molecule has 0 saturated carbocycles. The summed E-state index contributed by atoms with van der Waals surface area (Å²) in [7, 11) is 3.08. The highest BCUT2D eigenvalue weighted by Gasteiger charge is 2.40. The fraction of sp³-hybridized carbons (Fsp3) is 0.381. The highest BCUT2D eigenvalue weighted by Crippen LogP contribution is 2.49. The van der Waals surface area contributed by atoms with E-state index in [1.807, 2.05) is 30.3 Å². The van der Waals surface area contributed by atoms with E-state index in [9.17, 15) is 4.79 Å². The lowest BCUT2D eigenvalue weighted by molar-refractivity contribution is -0.0382. The molecule has 5 nitrogen and oxygen atoms in total. The van der Waals surface area contributed by atoms with Gasteiger partial charge in [0.05, 0.1) is 31.9 Å². The largest absolute Gasteiger partial charge is 0.497 e. The molecule has 26 heavy (non-hydrogen) atoms. The SMILES string of the molecule is COC(=O)c1ccc([C@@H]2Nc3ccc(OC)cc3[C@H]3OCCC[C@H]32)cc1. The number of anilines is 1. The minimum absolute atomic E-state index is 0.0559. The first-order valence-electron chi connectivity index (χ1n) is 8.95. The van der Waals surface area contributed by atoms with Crippen LogP contribution < -0.4 is 10.1 Å². The van der Waals surface area contributed by atoms with Crippen LogP contribution in [0.15, 0.2) is 42.5 Å². The summed E-state index contributed by atoms with van der Waals surface area (Å²) < 4.78 is 16.3. The molecule has 2 aliphatic rings. The fourth-order valence-corrected chi connectivity index (χ4v) is 4.05. The highest BCUT2D eigenvalue weighted by atomic mass is 16.5. The molecule has 2 heterocycles. The van der Waals surface area contributed by atoms with E-state index in [0.29, 0.717) is 11.5 Å². The molecule has 2 aliphatic heterocycles. The zero-order valence-corrected chi connectivity index (χ0v) is 15.0. The third-order valence-electron chi connectivity index (χ3n) is 5.36. The van der Waals surface area contributed by atoms with Gasteiger partial charge in [-0.25, -0.2) is 4.79 Å². The Morgan fingerprint density at radius 1 is 1.15 bits per heavy atom. The first-order chi connectivity index (χ1) is 12.7. The minimum atomic E-state index is -0.315. The molecule has 2 aromatic rings. The molecule has 3 atom stereocenters. The number of carbonyl (C=O) groups excluding carboxylic acids is 1. The minimum Gasteiger partial charge on any atom is -0.497 e. The van der Waals surface area contributed by atoms with Gasteiger partial charge in [0.2, 0.25) is 0 Å². The number of hydrogen-bond acceptors (Lipinski definition) is 5. The molecule has 0 bridgehead atoms. The predicted octanol–water partition coefficient (Wildman–Crippen LogP) is 4.12. The molecule has 1 saturated heterocycles. The topological polar surface area (TPSA) is 56.8 Å². The Hall–Kier alpha value is -2.53. The lowest BCUT2D eigenvalue weighted by Crippen LogP contribution is -2.36. The summed E-state index contributed by atoms with van der Waals surface area (Å²) in [6.07, 6.45) is 2.21. The normalized spacial score (nSPS) is 24.0. The van der Waals surface area contributed by atoms with Gasteiger partial charge in [0.1, 0.15) is 5.75 Å². The third kappa shape index (κ3) is 2.92. The number of esters is 1. The Labute approximate surface area is 153 Å². The second kappa shape index (κ2) is 7.00. The molecule has 2 aromatic carbocycles. The first-order valence-corrected chi connectivity index (χ1v) is 8.95. The van der Waals surface area contributed by atoms with Crippen molar-refractivity contribution >= 4 is 11.7 Å². The van der Waals surface area contributed by atoms with Crippen molar-refractivity contribution < 1.29 is 19.0 Å². The van der Waals surface area contributed by atoms with Crippen LogP contribution >= 0.6 is 0 Å². The summed E-state index contributed by atoms with van der Waals surface area (Å²) in [6.45, 7) is 0.784. The number of hydrogen-bond donors (Lipinski definition) is 1. The molecular formula is C21H23NO4. The Balaban J connectivity index is 1.69. The average molecular weight is 353 g/mol. The van der Waals surface area contributed by atoms with Crippen molar-refractivity contribution in [2.75, 3.05) is 26.1 Å². The zero-order valence-electron chi connectivity index (χ0n) is 15.0. The summed E-state index contributed by atoms with van der Waals surface area (Å²) >= 11 is 0. The van der Waals surface area contributed by atoms with Gasteiger partial charge in [-0.1, -0.05) is 12.1 Å². The van der Waals surface area contributed by atoms with E-state index in [4.69, 9.17) is 14.2 Å². The first kappa shape index (κ1) is 16.9. The van der Waals surface area contributed by atoms with Gasteiger partial charge in [-0.3, -0.25) is 0 Å². The van der Waals surface area contributed by atoms with Crippen LogP contribution in [0.1, 0.15) is 46.5 Å². The van der Waals surface area contributed by atoms with E-state index in [0.717, 1.165) is 42.0 Å². The Morgan fingerprint density at radius 2 is 1.96 bits per heavy atom. The number of methoxy groups -OCH3 is 2. The fourth-order valence-electron chi connectivity index (χ4n) is 4.05. The molecule has 4 rings (SSSR count). The monoisotopic (exact) mass is 353 g/mol. The van der Waals surface area contributed by atoms with Gasteiger partial charge in [-0.15, -0.1) is 0 Å². The Bertz CT molecular complexity index is 802. The van der Waals surface area contributed by atoms with Crippen molar-refractivity contribution in [1.82, 2.24) is 0 Å².